The van der Waals surface area contributed by atoms with Gasteiger partial charge in [-0.3, -0.25) is 4.90 Å². The zero-order valence-electron chi connectivity index (χ0n) is 11.3. The predicted octanol–water partition coefficient (Wildman–Crippen LogP) is 3.44. The Kier molecular flexibility index (Phi) is 5.22. The normalized spacial score (nSPS) is 22.3. The van der Waals surface area contributed by atoms with Gasteiger partial charge in [-0.2, -0.15) is 0 Å². The molecule has 0 spiro atoms. The summed E-state index contributed by atoms with van der Waals surface area (Å²) in [4.78, 5) is 2.64. The Balaban J connectivity index is 2.06. The van der Waals surface area contributed by atoms with Gasteiger partial charge in [0.05, 0.1) is 0 Å². The van der Waals surface area contributed by atoms with Gasteiger partial charge in [0.25, 0.3) is 0 Å². The van der Waals surface area contributed by atoms with Crippen LogP contribution in [0.1, 0.15) is 31.4 Å². The molecular weight excluding hydrogens is 288 g/mol. The Hall–Kier alpha value is -0.380. The Labute approximate surface area is 119 Å². The molecule has 1 N–H and O–H groups in total. The van der Waals surface area contributed by atoms with Crippen molar-refractivity contribution in [3.63, 3.8) is 0 Å². The van der Waals surface area contributed by atoms with E-state index in [0.717, 1.165) is 12.5 Å². The molecule has 0 amide bonds. The highest BCUT2D eigenvalue weighted by Gasteiger charge is 2.27. The third-order valence-corrected chi connectivity index (χ3v) is 4.36. The van der Waals surface area contributed by atoms with Crippen molar-refractivity contribution in [2.45, 2.75) is 25.8 Å². The molecule has 1 aliphatic rings. The number of rotatable bonds is 5. The van der Waals surface area contributed by atoms with Gasteiger partial charge in [0.2, 0.25) is 0 Å². The van der Waals surface area contributed by atoms with Gasteiger partial charge in [-0.1, -0.05) is 35.0 Å². The third kappa shape index (κ3) is 3.34. The van der Waals surface area contributed by atoms with E-state index in [9.17, 15) is 0 Å². The highest BCUT2D eigenvalue weighted by molar-refractivity contribution is 9.10. The molecule has 1 heterocycles. The minimum Gasteiger partial charge on any atom is -0.319 e. The lowest BCUT2D eigenvalue weighted by Gasteiger charge is -2.27. The molecule has 2 unspecified atom stereocenters. The van der Waals surface area contributed by atoms with Crippen LogP contribution in [0.15, 0.2) is 28.7 Å². The summed E-state index contributed by atoms with van der Waals surface area (Å²) in [5.74, 6) is 0.816. The zero-order chi connectivity index (χ0) is 13.0. The Bertz CT molecular complexity index is 381. The monoisotopic (exact) mass is 310 g/mol. The van der Waals surface area contributed by atoms with Crippen LogP contribution in [0, 0.1) is 5.92 Å². The summed E-state index contributed by atoms with van der Waals surface area (Å²) in [6, 6.07) is 9.33. The minimum atomic E-state index is 0.573. The molecule has 1 aromatic rings. The summed E-state index contributed by atoms with van der Waals surface area (Å²) < 4.78 is 1.18. The highest BCUT2D eigenvalue weighted by Crippen LogP contribution is 2.31. The third-order valence-electron chi connectivity index (χ3n) is 3.87. The molecule has 0 aliphatic carbocycles. The van der Waals surface area contributed by atoms with Gasteiger partial charge in [0.15, 0.2) is 0 Å². The van der Waals surface area contributed by atoms with Gasteiger partial charge in [0, 0.05) is 17.1 Å². The fourth-order valence-corrected chi connectivity index (χ4v) is 3.44. The van der Waals surface area contributed by atoms with Crippen LogP contribution >= 0.6 is 15.9 Å². The molecule has 0 saturated carbocycles. The number of benzene rings is 1. The van der Waals surface area contributed by atoms with Crippen LogP contribution < -0.4 is 5.32 Å². The lowest BCUT2D eigenvalue weighted by molar-refractivity contribution is 0.230. The van der Waals surface area contributed by atoms with Gasteiger partial charge in [-0.05, 0) is 56.6 Å². The van der Waals surface area contributed by atoms with E-state index in [4.69, 9.17) is 0 Å². The molecule has 0 bridgehead atoms. The fourth-order valence-electron chi connectivity index (χ4n) is 3.02. The number of halogens is 1. The number of nitrogens with one attached hydrogen (secondary N) is 1. The second-order valence-electron chi connectivity index (χ2n) is 5.19. The molecule has 0 aromatic heterocycles. The smallest absolute Gasteiger partial charge is 0.0346 e. The summed E-state index contributed by atoms with van der Waals surface area (Å²) in [5, 5.41) is 3.30. The van der Waals surface area contributed by atoms with Crippen LogP contribution in [-0.4, -0.2) is 31.6 Å². The summed E-state index contributed by atoms with van der Waals surface area (Å²) in [5.41, 5.74) is 1.44. The summed E-state index contributed by atoms with van der Waals surface area (Å²) >= 11 is 3.58. The minimum absolute atomic E-state index is 0.573. The Morgan fingerprint density at radius 3 is 3.00 bits per heavy atom. The average molecular weight is 311 g/mol. The van der Waals surface area contributed by atoms with Crippen molar-refractivity contribution in [3.05, 3.63) is 34.3 Å². The van der Waals surface area contributed by atoms with Crippen LogP contribution in [0.3, 0.4) is 0 Å². The molecule has 1 saturated heterocycles. The van der Waals surface area contributed by atoms with E-state index in [-0.39, 0.29) is 0 Å². The quantitative estimate of drug-likeness (QED) is 0.896. The molecular formula is C15H23BrN2. The van der Waals surface area contributed by atoms with E-state index < -0.39 is 0 Å². The Morgan fingerprint density at radius 2 is 2.33 bits per heavy atom. The van der Waals surface area contributed by atoms with E-state index >= 15 is 0 Å². The lowest BCUT2D eigenvalue weighted by atomic mass is 10.0. The molecule has 0 radical (unpaired) electrons. The van der Waals surface area contributed by atoms with Gasteiger partial charge in [-0.25, -0.2) is 0 Å². The summed E-state index contributed by atoms with van der Waals surface area (Å²) in [6.45, 7) is 5.89. The second kappa shape index (κ2) is 6.69. The first-order valence-corrected chi connectivity index (χ1v) is 7.68. The van der Waals surface area contributed by atoms with E-state index in [0.29, 0.717) is 6.04 Å². The van der Waals surface area contributed by atoms with Crippen molar-refractivity contribution in [1.82, 2.24) is 10.2 Å². The topological polar surface area (TPSA) is 15.3 Å². The Morgan fingerprint density at radius 1 is 1.50 bits per heavy atom. The lowest BCUT2D eigenvalue weighted by Crippen LogP contribution is -2.28. The van der Waals surface area contributed by atoms with Crippen LogP contribution in [-0.2, 0) is 0 Å². The maximum atomic E-state index is 3.58. The van der Waals surface area contributed by atoms with Gasteiger partial charge >= 0.3 is 0 Å². The molecule has 2 rings (SSSR count). The average Bonchev–Trinajstić information content (AvgIpc) is 2.79. The van der Waals surface area contributed by atoms with Crippen LogP contribution in [0.5, 0.6) is 0 Å². The van der Waals surface area contributed by atoms with Crippen molar-refractivity contribution >= 4 is 15.9 Å². The summed E-state index contributed by atoms with van der Waals surface area (Å²) in [7, 11) is 2.05. The van der Waals surface area contributed by atoms with Gasteiger partial charge in [-0.15, -0.1) is 0 Å². The van der Waals surface area contributed by atoms with Crippen LogP contribution in [0.4, 0.5) is 0 Å². The molecule has 1 aliphatic heterocycles. The molecule has 100 valence electrons. The van der Waals surface area contributed by atoms with Crippen molar-refractivity contribution < 1.29 is 0 Å². The first-order chi connectivity index (χ1) is 8.74. The summed E-state index contributed by atoms with van der Waals surface area (Å²) in [6.07, 6.45) is 2.51. The van der Waals surface area contributed by atoms with Gasteiger partial charge in [0.1, 0.15) is 0 Å². The van der Waals surface area contributed by atoms with Crippen molar-refractivity contribution in [3.8, 4) is 0 Å². The SMILES string of the molecule is CCC(c1cccc(Br)c1)N1CCC(CNC)C1. The van der Waals surface area contributed by atoms with E-state index in [1.807, 2.05) is 7.05 Å². The molecule has 1 aromatic carbocycles. The first kappa shape index (κ1) is 14.0. The number of hydrogen-bond acceptors (Lipinski definition) is 2. The van der Waals surface area contributed by atoms with E-state index in [1.165, 1.54) is 36.0 Å². The second-order valence-corrected chi connectivity index (χ2v) is 6.10. The van der Waals surface area contributed by atoms with E-state index in [1.54, 1.807) is 0 Å². The van der Waals surface area contributed by atoms with Gasteiger partial charge < -0.3 is 5.32 Å². The number of hydrogen-bond donors (Lipinski definition) is 1. The van der Waals surface area contributed by atoms with Crippen LogP contribution in [0.25, 0.3) is 0 Å². The molecule has 2 nitrogen and oxygen atoms in total. The van der Waals surface area contributed by atoms with Crippen molar-refractivity contribution in [1.29, 1.82) is 0 Å². The highest BCUT2D eigenvalue weighted by atomic mass is 79.9. The zero-order valence-corrected chi connectivity index (χ0v) is 12.9. The molecule has 3 heteroatoms. The molecule has 2 atom stereocenters. The largest absolute Gasteiger partial charge is 0.319 e. The maximum Gasteiger partial charge on any atom is 0.0346 e. The predicted molar refractivity (Wildman–Crippen MR) is 80.8 cm³/mol. The fraction of sp³-hybridized carbons (Fsp3) is 0.600. The van der Waals surface area contributed by atoms with E-state index in [2.05, 4.69) is 57.3 Å². The first-order valence-electron chi connectivity index (χ1n) is 6.88. The van der Waals surface area contributed by atoms with Crippen LogP contribution in [0.2, 0.25) is 0 Å². The maximum absolute atomic E-state index is 3.58. The molecule has 1 fully saturated rings. The van der Waals surface area contributed by atoms with Crippen molar-refractivity contribution in [2.24, 2.45) is 5.92 Å². The number of likely N-dealkylation sites (tertiary alicyclic amines) is 1. The van der Waals surface area contributed by atoms with Crippen molar-refractivity contribution in [2.75, 3.05) is 26.7 Å². The number of nitrogens with zero attached hydrogens (tertiary/aromatic N) is 1. The standard InChI is InChI=1S/C15H23BrN2/c1-3-15(13-5-4-6-14(16)9-13)18-8-7-12(11-18)10-17-2/h4-6,9,12,15,17H,3,7-8,10-11H2,1-2H3. The molecule has 18 heavy (non-hydrogen) atoms.